The highest BCUT2D eigenvalue weighted by molar-refractivity contribution is 5.79. The van der Waals surface area contributed by atoms with Crippen LogP contribution >= 0.6 is 0 Å². The van der Waals surface area contributed by atoms with Crippen LogP contribution in [0.2, 0.25) is 0 Å². The van der Waals surface area contributed by atoms with Gasteiger partial charge in [-0.25, -0.2) is 0 Å². The lowest BCUT2D eigenvalue weighted by Crippen LogP contribution is -2.61. The standard InChI is InChI=1S/C26H48N6O3/c27-24(32-10-11-35-23-13-29-9-8-21(23)25(32)28)14-30-19-6-3-5-17(12-19)26(33)31-22-16-34-15-18-4-1-2-7-20(18)22/h17-25,29-30H,1-16,27-28H2,(H,31,33)/t17?,18?,19?,20?,21?,22-,23?,24?,25?/m1/s1. The molecule has 35 heavy (non-hydrogen) atoms. The van der Waals surface area contributed by atoms with Gasteiger partial charge in [0.15, 0.2) is 0 Å². The Labute approximate surface area is 210 Å². The molecule has 9 atom stereocenters. The number of hydrogen-bond acceptors (Lipinski definition) is 8. The average Bonchev–Trinajstić information content (AvgIpc) is 3.06. The van der Waals surface area contributed by atoms with Crippen LogP contribution in [0.5, 0.6) is 0 Å². The zero-order valence-corrected chi connectivity index (χ0v) is 21.3. The molecule has 2 aliphatic carbocycles. The topological polar surface area (TPSA) is 127 Å². The summed E-state index contributed by atoms with van der Waals surface area (Å²) in [6.07, 6.45) is 10.1. The zero-order valence-electron chi connectivity index (χ0n) is 21.3. The van der Waals surface area contributed by atoms with Gasteiger partial charge >= 0.3 is 0 Å². The molecule has 8 unspecified atom stereocenters. The third kappa shape index (κ3) is 6.20. The second-order valence-electron chi connectivity index (χ2n) is 11.7. The fourth-order valence-corrected chi connectivity index (χ4v) is 7.43. The molecular weight excluding hydrogens is 444 g/mol. The monoisotopic (exact) mass is 492 g/mol. The summed E-state index contributed by atoms with van der Waals surface area (Å²) in [6, 6.07) is 0.510. The van der Waals surface area contributed by atoms with Crippen molar-refractivity contribution in [1.82, 2.24) is 20.9 Å². The highest BCUT2D eigenvalue weighted by atomic mass is 16.5. The van der Waals surface area contributed by atoms with Crippen molar-refractivity contribution >= 4 is 5.91 Å². The first-order valence-electron chi connectivity index (χ1n) is 14.3. The Morgan fingerprint density at radius 3 is 2.89 bits per heavy atom. The van der Waals surface area contributed by atoms with Crippen LogP contribution in [0.25, 0.3) is 0 Å². The lowest BCUT2D eigenvalue weighted by Gasteiger charge is -2.42. The summed E-state index contributed by atoms with van der Waals surface area (Å²) in [6.45, 7) is 5.52. The van der Waals surface area contributed by atoms with E-state index in [4.69, 9.17) is 20.9 Å². The van der Waals surface area contributed by atoms with Crippen LogP contribution in [0, 0.1) is 23.7 Å². The number of carbonyl (C=O) groups is 1. The highest BCUT2D eigenvalue weighted by Crippen LogP contribution is 2.36. The normalized spacial score (nSPS) is 41.8. The Balaban J connectivity index is 1.09. The molecule has 9 nitrogen and oxygen atoms in total. The Morgan fingerprint density at radius 1 is 1.09 bits per heavy atom. The molecule has 5 rings (SSSR count). The second-order valence-corrected chi connectivity index (χ2v) is 11.7. The van der Waals surface area contributed by atoms with E-state index in [2.05, 4.69) is 20.9 Å². The second kappa shape index (κ2) is 12.2. The van der Waals surface area contributed by atoms with E-state index >= 15 is 0 Å². The maximum atomic E-state index is 13.2. The van der Waals surface area contributed by atoms with Gasteiger partial charge in [0.1, 0.15) is 0 Å². The number of nitrogens with zero attached hydrogens (tertiary/aromatic N) is 1. The molecule has 9 heteroatoms. The third-order valence-electron chi connectivity index (χ3n) is 9.51. The van der Waals surface area contributed by atoms with E-state index in [1.807, 2.05) is 0 Å². The van der Waals surface area contributed by atoms with Gasteiger partial charge < -0.3 is 36.9 Å². The maximum absolute atomic E-state index is 13.2. The van der Waals surface area contributed by atoms with Gasteiger partial charge in [-0.05, 0) is 56.9 Å². The van der Waals surface area contributed by atoms with Gasteiger partial charge in [-0.1, -0.05) is 19.3 Å². The van der Waals surface area contributed by atoms with Gasteiger partial charge in [-0.15, -0.1) is 0 Å². The van der Waals surface area contributed by atoms with Crippen molar-refractivity contribution in [2.24, 2.45) is 35.1 Å². The van der Waals surface area contributed by atoms with Gasteiger partial charge in [0.05, 0.1) is 37.7 Å². The molecule has 5 aliphatic rings. The van der Waals surface area contributed by atoms with Crippen LogP contribution in [-0.2, 0) is 14.3 Å². The van der Waals surface area contributed by atoms with Crippen molar-refractivity contribution < 1.29 is 14.3 Å². The zero-order chi connectivity index (χ0) is 24.2. The number of amides is 1. The quantitative estimate of drug-likeness (QED) is 0.359. The largest absolute Gasteiger partial charge is 0.379 e. The first kappa shape index (κ1) is 25.8. The van der Waals surface area contributed by atoms with Crippen molar-refractivity contribution in [3.05, 3.63) is 0 Å². The predicted octanol–water partition coefficient (Wildman–Crippen LogP) is 0.336. The third-order valence-corrected chi connectivity index (χ3v) is 9.51. The number of fused-ring (bicyclic) bond motifs is 2. The van der Waals surface area contributed by atoms with Gasteiger partial charge in [-0.2, -0.15) is 0 Å². The molecule has 3 saturated heterocycles. The smallest absolute Gasteiger partial charge is 0.223 e. The first-order chi connectivity index (χ1) is 17.1. The molecule has 7 N–H and O–H groups in total. The van der Waals surface area contributed by atoms with Gasteiger partial charge in [0.2, 0.25) is 5.91 Å². The van der Waals surface area contributed by atoms with E-state index in [0.29, 0.717) is 43.6 Å². The summed E-state index contributed by atoms with van der Waals surface area (Å²) in [7, 11) is 0. The molecule has 2 saturated carbocycles. The van der Waals surface area contributed by atoms with Crippen LogP contribution in [-0.4, -0.2) is 87.3 Å². The minimum Gasteiger partial charge on any atom is -0.379 e. The minimum absolute atomic E-state index is 0.0748. The van der Waals surface area contributed by atoms with Crippen molar-refractivity contribution in [2.75, 3.05) is 46.0 Å². The van der Waals surface area contributed by atoms with Crippen LogP contribution in [0.4, 0.5) is 0 Å². The summed E-state index contributed by atoms with van der Waals surface area (Å²) in [5.41, 5.74) is 13.3. The summed E-state index contributed by atoms with van der Waals surface area (Å²) in [4.78, 5) is 15.4. The Hall–Kier alpha value is -0.810. The van der Waals surface area contributed by atoms with E-state index in [1.54, 1.807) is 0 Å². The number of ether oxygens (including phenoxy) is 2. The summed E-state index contributed by atoms with van der Waals surface area (Å²) < 4.78 is 11.9. The van der Waals surface area contributed by atoms with E-state index in [-0.39, 0.29) is 36.3 Å². The summed E-state index contributed by atoms with van der Waals surface area (Å²) in [5, 5.41) is 10.5. The Bertz CT molecular complexity index is 696. The van der Waals surface area contributed by atoms with Crippen LogP contribution < -0.4 is 27.4 Å². The Morgan fingerprint density at radius 2 is 1.97 bits per heavy atom. The van der Waals surface area contributed by atoms with E-state index in [0.717, 1.165) is 58.3 Å². The molecular formula is C26H48N6O3. The maximum Gasteiger partial charge on any atom is 0.223 e. The van der Waals surface area contributed by atoms with Crippen LogP contribution in [0.3, 0.4) is 0 Å². The van der Waals surface area contributed by atoms with Gasteiger partial charge in [-0.3, -0.25) is 9.69 Å². The first-order valence-corrected chi connectivity index (χ1v) is 14.3. The number of rotatable bonds is 6. The minimum atomic E-state index is -0.154. The van der Waals surface area contributed by atoms with Crippen molar-refractivity contribution in [3.8, 4) is 0 Å². The number of nitrogens with one attached hydrogen (secondary N) is 3. The lowest BCUT2D eigenvalue weighted by molar-refractivity contribution is -0.130. The number of nitrogens with two attached hydrogens (primary N) is 2. The fourth-order valence-electron chi connectivity index (χ4n) is 7.43. The number of piperidine rings is 1. The van der Waals surface area contributed by atoms with Gasteiger partial charge in [0, 0.05) is 44.1 Å². The van der Waals surface area contributed by atoms with Crippen molar-refractivity contribution in [3.63, 3.8) is 0 Å². The molecule has 3 heterocycles. The molecule has 200 valence electrons. The molecule has 1 amide bonds. The summed E-state index contributed by atoms with van der Waals surface area (Å²) in [5.74, 6) is 1.84. The molecule has 0 bridgehead atoms. The molecule has 0 spiro atoms. The van der Waals surface area contributed by atoms with E-state index in [1.165, 1.54) is 25.7 Å². The van der Waals surface area contributed by atoms with Gasteiger partial charge in [0.25, 0.3) is 0 Å². The molecule has 0 aromatic carbocycles. The number of carbonyl (C=O) groups excluding carboxylic acids is 1. The highest BCUT2D eigenvalue weighted by Gasteiger charge is 2.39. The summed E-state index contributed by atoms with van der Waals surface area (Å²) >= 11 is 0. The Kier molecular flexibility index (Phi) is 8.97. The molecule has 0 aromatic rings. The molecule has 0 radical (unpaired) electrons. The van der Waals surface area contributed by atoms with Crippen molar-refractivity contribution in [1.29, 1.82) is 0 Å². The average molecular weight is 493 g/mol. The molecule has 5 fully saturated rings. The molecule has 0 aromatic heterocycles. The van der Waals surface area contributed by atoms with E-state index in [9.17, 15) is 4.79 Å². The molecule has 3 aliphatic heterocycles. The predicted molar refractivity (Wildman–Crippen MR) is 135 cm³/mol. The lowest BCUT2D eigenvalue weighted by atomic mass is 9.74. The van der Waals surface area contributed by atoms with Crippen molar-refractivity contribution in [2.45, 2.75) is 88.3 Å². The van der Waals surface area contributed by atoms with Crippen LogP contribution in [0.15, 0.2) is 0 Å². The van der Waals surface area contributed by atoms with Crippen LogP contribution in [0.1, 0.15) is 57.8 Å². The van der Waals surface area contributed by atoms with E-state index < -0.39 is 0 Å². The SMILES string of the molecule is NC(CNC1CCCC(C(=O)N[C@@H]2COCC3CCCCC32)C1)N1CCOC2CNCCC2C1N. The fraction of sp³-hybridized carbons (Fsp3) is 0.962. The number of hydrogen-bond donors (Lipinski definition) is 5.